The Kier molecular flexibility index (Phi) is 4.93. The van der Waals surface area contributed by atoms with Crippen LogP contribution in [-0.4, -0.2) is 30.9 Å². The van der Waals surface area contributed by atoms with Gasteiger partial charge in [0.15, 0.2) is 5.71 Å². The molecule has 5 nitrogen and oxygen atoms in total. The van der Waals surface area contributed by atoms with E-state index in [1.165, 1.54) is 16.9 Å². The first-order valence-electron chi connectivity index (χ1n) is 8.51. The first-order chi connectivity index (χ1) is 12.1. The van der Waals surface area contributed by atoms with Crippen LogP contribution in [0.3, 0.4) is 0 Å². The zero-order valence-corrected chi connectivity index (χ0v) is 14.8. The first-order valence-corrected chi connectivity index (χ1v) is 8.51. The number of aryl methyl sites for hydroxylation is 1. The first kappa shape index (κ1) is 16.9. The van der Waals surface area contributed by atoms with Gasteiger partial charge in [-0.2, -0.15) is 10.1 Å². The molecule has 0 atom stereocenters. The van der Waals surface area contributed by atoms with E-state index in [1.807, 2.05) is 49.4 Å². The van der Waals surface area contributed by atoms with Gasteiger partial charge in [0.05, 0.1) is 17.6 Å². The summed E-state index contributed by atoms with van der Waals surface area (Å²) in [6.07, 6.45) is 1.52. The maximum atomic E-state index is 12.6. The second-order valence-electron chi connectivity index (χ2n) is 5.84. The largest absolute Gasteiger partial charge is 0.372 e. The van der Waals surface area contributed by atoms with E-state index in [0.29, 0.717) is 5.71 Å². The number of carbonyl (C=O) groups excluding carboxylic acids is 1. The molecule has 0 unspecified atom stereocenters. The number of amides is 1. The van der Waals surface area contributed by atoms with Crippen LogP contribution in [-0.2, 0) is 4.79 Å². The van der Waals surface area contributed by atoms with Crippen LogP contribution >= 0.6 is 0 Å². The monoisotopic (exact) mass is 334 g/mol. The zero-order chi connectivity index (χ0) is 17.8. The fourth-order valence-corrected chi connectivity index (χ4v) is 2.84. The number of anilines is 2. The van der Waals surface area contributed by atoms with E-state index in [4.69, 9.17) is 0 Å². The SMILES string of the molecule is CCN(CC)c1ccc(N=C2C=NN(c3ccccc3)C2=O)c(C)c1. The van der Waals surface area contributed by atoms with Gasteiger partial charge in [-0.1, -0.05) is 18.2 Å². The Morgan fingerprint density at radius 2 is 1.80 bits per heavy atom. The summed E-state index contributed by atoms with van der Waals surface area (Å²) in [5, 5.41) is 5.56. The van der Waals surface area contributed by atoms with E-state index in [0.717, 1.165) is 30.0 Å². The number of benzene rings is 2. The second kappa shape index (κ2) is 7.30. The van der Waals surface area contributed by atoms with Crippen LogP contribution in [0.5, 0.6) is 0 Å². The van der Waals surface area contributed by atoms with Gasteiger partial charge in [-0.15, -0.1) is 0 Å². The van der Waals surface area contributed by atoms with Crippen molar-refractivity contribution in [1.82, 2.24) is 0 Å². The maximum absolute atomic E-state index is 12.6. The Morgan fingerprint density at radius 3 is 2.44 bits per heavy atom. The fourth-order valence-electron chi connectivity index (χ4n) is 2.84. The molecule has 128 valence electrons. The Hall–Kier alpha value is -2.95. The standard InChI is InChI=1S/C20H22N4O/c1-4-23(5-2)17-11-12-18(15(3)13-17)22-19-14-21-24(20(19)25)16-9-7-6-8-10-16/h6-14H,4-5H2,1-3H3. The number of nitrogens with zero attached hydrogens (tertiary/aromatic N) is 4. The average molecular weight is 334 g/mol. The highest BCUT2D eigenvalue weighted by atomic mass is 16.2. The molecule has 0 aromatic heterocycles. The molecule has 0 spiro atoms. The number of para-hydroxylation sites is 1. The highest BCUT2D eigenvalue weighted by Gasteiger charge is 2.25. The molecule has 0 aliphatic carbocycles. The van der Waals surface area contributed by atoms with Crippen molar-refractivity contribution in [3.05, 3.63) is 54.1 Å². The Bertz CT molecular complexity index is 823. The minimum absolute atomic E-state index is 0.210. The van der Waals surface area contributed by atoms with Crippen LogP contribution in [0.15, 0.2) is 58.6 Å². The minimum atomic E-state index is -0.210. The van der Waals surface area contributed by atoms with Crippen molar-refractivity contribution < 1.29 is 4.79 Å². The van der Waals surface area contributed by atoms with E-state index < -0.39 is 0 Å². The average Bonchev–Trinajstić information content (AvgIpc) is 2.99. The molecular weight excluding hydrogens is 312 g/mol. The third-order valence-corrected chi connectivity index (χ3v) is 4.26. The smallest absolute Gasteiger partial charge is 0.298 e. The Labute approximate surface area is 148 Å². The molecule has 0 fully saturated rings. The number of hydrogen-bond donors (Lipinski definition) is 0. The van der Waals surface area contributed by atoms with Gasteiger partial charge in [-0.05, 0) is 56.7 Å². The van der Waals surface area contributed by atoms with Crippen molar-refractivity contribution >= 4 is 34.9 Å². The van der Waals surface area contributed by atoms with Gasteiger partial charge in [-0.3, -0.25) is 4.79 Å². The molecule has 25 heavy (non-hydrogen) atoms. The van der Waals surface area contributed by atoms with Crippen LogP contribution in [0.25, 0.3) is 0 Å². The van der Waals surface area contributed by atoms with Gasteiger partial charge < -0.3 is 4.90 Å². The molecular formula is C20H22N4O. The van der Waals surface area contributed by atoms with Crippen molar-refractivity contribution in [2.75, 3.05) is 23.0 Å². The summed E-state index contributed by atoms with van der Waals surface area (Å²) in [4.78, 5) is 19.4. The summed E-state index contributed by atoms with van der Waals surface area (Å²) < 4.78 is 0. The summed E-state index contributed by atoms with van der Waals surface area (Å²) >= 11 is 0. The summed E-state index contributed by atoms with van der Waals surface area (Å²) in [6.45, 7) is 8.21. The van der Waals surface area contributed by atoms with Crippen molar-refractivity contribution in [3.63, 3.8) is 0 Å². The van der Waals surface area contributed by atoms with Crippen molar-refractivity contribution in [3.8, 4) is 0 Å². The van der Waals surface area contributed by atoms with E-state index in [1.54, 1.807) is 0 Å². The van der Waals surface area contributed by atoms with Gasteiger partial charge in [0, 0.05) is 18.8 Å². The van der Waals surface area contributed by atoms with Gasteiger partial charge in [0.25, 0.3) is 5.91 Å². The number of hydrogen-bond acceptors (Lipinski definition) is 4. The minimum Gasteiger partial charge on any atom is -0.372 e. The van der Waals surface area contributed by atoms with Crippen LogP contribution < -0.4 is 9.91 Å². The lowest BCUT2D eigenvalue weighted by molar-refractivity contribution is -0.112. The third-order valence-electron chi connectivity index (χ3n) is 4.26. The summed E-state index contributed by atoms with van der Waals surface area (Å²) in [7, 11) is 0. The number of hydrazone groups is 1. The van der Waals surface area contributed by atoms with Crippen LogP contribution in [0.2, 0.25) is 0 Å². The molecule has 1 amide bonds. The van der Waals surface area contributed by atoms with Gasteiger partial charge in [-0.25, -0.2) is 4.99 Å². The van der Waals surface area contributed by atoms with Gasteiger partial charge in [0.1, 0.15) is 0 Å². The highest BCUT2D eigenvalue weighted by molar-refractivity contribution is 6.66. The van der Waals surface area contributed by atoms with E-state index in [2.05, 4.69) is 34.9 Å². The van der Waals surface area contributed by atoms with E-state index in [9.17, 15) is 4.79 Å². The predicted octanol–water partition coefficient (Wildman–Crippen LogP) is 3.95. The molecule has 1 aliphatic heterocycles. The Balaban J connectivity index is 1.85. The molecule has 0 bridgehead atoms. The molecule has 2 aromatic carbocycles. The molecule has 0 N–H and O–H groups in total. The fraction of sp³-hybridized carbons (Fsp3) is 0.250. The highest BCUT2D eigenvalue weighted by Crippen LogP contribution is 2.26. The lowest BCUT2D eigenvalue weighted by Crippen LogP contribution is -2.25. The van der Waals surface area contributed by atoms with Crippen molar-refractivity contribution in [1.29, 1.82) is 0 Å². The number of rotatable bonds is 5. The topological polar surface area (TPSA) is 48.3 Å². The lowest BCUT2D eigenvalue weighted by atomic mass is 10.1. The van der Waals surface area contributed by atoms with Crippen molar-refractivity contribution in [2.45, 2.75) is 20.8 Å². The molecule has 2 aromatic rings. The van der Waals surface area contributed by atoms with E-state index in [-0.39, 0.29) is 5.91 Å². The normalized spacial score (nSPS) is 15.2. The third kappa shape index (κ3) is 3.45. The van der Waals surface area contributed by atoms with E-state index >= 15 is 0 Å². The summed E-state index contributed by atoms with van der Waals surface area (Å²) in [6, 6.07) is 15.5. The molecule has 1 heterocycles. The van der Waals surface area contributed by atoms with Crippen LogP contribution in [0.4, 0.5) is 17.1 Å². The molecule has 1 aliphatic rings. The van der Waals surface area contributed by atoms with Crippen LogP contribution in [0.1, 0.15) is 19.4 Å². The van der Waals surface area contributed by atoms with Gasteiger partial charge >= 0.3 is 0 Å². The lowest BCUT2D eigenvalue weighted by Gasteiger charge is -2.21. The number of carbonyl (C=O) groups is 1. The zero-order valence-electron chi connectivity index (χ0n) is 14.8. The summed E-state index contributed by atoms with van der Waals surface area (Å²) in [5.41, 5.74) is 4.09. The summed E-state index contributed by atoms with van der Waals surface area (Å²) in [5.74, 6) is -0.210. The molecule has 5 heteroatoms. The van der Waals surface area contributed by atoms with Gasteiger partial charge in [0.2, 0.25) is 0 Å². The quantitative estimate of drug-likeness (QED) is 0.831. The van der Waals surface area contributed by atoms with Crippen LogP contribution in [0, 0.1) is 6.92 Å². The molecule has 3 rings (SSSR count). The predicted molar refractivity (Wildman–Crippen MR) is 104 cm³/mol. The molecule has 0 saturated heterocycles. The van der Waals surface area contributed by atoms with Crippen molar-refractivity contribution in [2.24, 2.45) is 10.1 Å². The second-order valence-corrected chi connectivity index (χ2v) is 5.84. The molecule has 0 saturated carbocycles. The molecule has 0 radical (unpaired) electrons. The maximum Gasteiger partial charge on any atom is 0.298 e. The Morgan fingerprint density at radius 1 is 1.08 bits per heavy atom. The number of aliphatic imine (C=N–C) groups is 1.